The van der Waals surface area contributed by atoms with Gasteiger partial charge in [-0.2, -0.15) is 0 Å². The van der Waals surface area contributed by atoms with Crippen molar-refractivity contribution < 1.29 is 13.9 Å². The molecule has 0 radical (unpaired) electrons. The Bertz CT molecular complexity index is 455. The molecule has 6 heteroatoms. The maximum absolute atomic E-state index is 13.4. The molecule has 0 aliphatic rings. The highest BCUT2D eigenvalue weighted by Crippen LogP contribution is 2.20. The summed E-state index contributed by atoms with van der Waals surface area (Å²) in [6.07, 6.45) is 0.404. The number of rotatable bonds is 9. The number of amides is 1. The number of halogens is 1. The zero-order valence-corrected chi connectivity index (χ0v) is 12.9. The van der Waals surface area contributed by atoms with Gasteiger partial charge in [-0.1, -0.05) is 0 Å². The van der Waals surface area contributed by atoms with Crippen LogP contribution in [0.15, 0.2) is 18.2 Å². The van der Waals surface area contributed by atoms with Crippen molar-refractivity contribution in [1.29, 1.82) is 0 Å². The fourth-order valence-electron chi connectivity index (χ4n) is 1.98. The van der Waals surface area contributed by atoms with Crippen LogP contribution in [-0.4, -0.2) is 46.8 Å². The largest absolute Gasteiger partial charge is 0.383 e. The monoisotopic (exact) mass is 297 g/mol. The van der Waals surface area contributed by atoms with Crippen molar-refractivity contribution in [2.75, 3.05) is 45.8 Å². The molecule has 0 unspecified atom stereocenters. The molecule has 0 fully saturated rings. The van der Waals surface area contributed by atoms with Gasteiger partial charge in [0, 0.05) is 52.9 Å². The van der Waals surface area contributed by atoms with Crippen molar-refractivity contribution >= 4 is 11.6 Å². The molecule has 118 valence electrons. The van der Waals surface area contributed by atoms with Crippen LogP contribution in [0.5, 0.6) is 0 Å². The second-order valence-electron chi connectivity index (χ2n) is 4.79. The lowest BCUT2D eigenvalue weighted by Gasteiger charge is -2.22. The molecule has 0 saturated heterocycles. The first kappa shape index (κ1) is 17.4. The minimum atomic E-state index is -0.262. The SMILES string of the molecule is CNC(=O)CCN(C)c1ccc(F)cc1CNCCOC. The molecule has 2 N–H and O–H groups in total. The van der Waals surface area contributed by atoms with Crippen molar-refractivity contribution in [3.05, 3.63) is 29.6 Å². The predicted octanol–water partition coefficient (Wildman–Crippen LogP) is 1.13. The number of carbonyl (C=O) groups excluding carboxylic acids is 1. The molecule has 0 atom stereocenters. The van der Waals surface area contributed by atoms with E-state index < -0.39 is 0 Å². The Kier molecular flexibility index (Phi) is 7.71. The van der Waals surface area contributed by atoms with Crippen LogP contribution in [0.3, 0.4) is 0 Å². The van der Waals surface area contributed by atoms with E-state index in [-0.39, 0.29) is 11.7 Å². The maximum atomic E-state index is 13.4. The lowest BCUT2D eigenvalue weighted by molar-refractivity contribution is -0.120. The number of benzene rings is 1. The molecule has 0 aliphatic heterocycles. The fraction of sp³-hybridized carbons (Fsp3) is 0.533. The van der Waals surface area contributed by atoms with Crippen molar-refractivity contribution in [2.24, 2.45) is 0 Å². The minimum absolute atomic E-state index is 0.0104. The van der Waals surface area contributed by atoms with E-state index in [4.69, 9.17) is 4.74 Å². The summed E-state index contributed by atoms with van der Waals surface area (Å²) < 4.78 is 18.4. The molecule has 1 amide bonds. The molecular weight excluding hydrogens is 273 g/mol. The van der Waals surface area contributed by atoms with Crippen molar-refractivity contribution in [1.82, 2.24) is 10.6 Å². The third kappa shape index (κ3) is 6.10. The van der Waals surface area contributed by atoms with E-state index in [1.54, 1.807) is 20.2 Å². The number of anilines is 1. The van der Waals surface area contributed by atoms with E-state index in [2.05, 4.69) is 10.6 Å². The first-order valence-corrected chi connectivity index (χ1v) is 6.98. The molecule has 0 spiro atoms. The molecule has 1 rings (SSSR count). The Morgan fingerprint density at radius 1 is 1.43 bits per heavy atom. The summed E-state index contributed by atoms with van der Waals surface area (Å²) in [7, 11) is 5.15. The molecule has 1 aromatic carbocycles. The number of methoxy groups -OCH3 is 1. The standard InChI is InChI=1S/C15H24FN3O2/c1-17-15(20)6-8-19(2)14-5-4-13(16)10-12(14)11-18-7-9-21-3/h4-5,10,18H,6-9,11H2,1-3H3,(H,17,20). The smallest absolute Gasteiger partial charge is 0.221 e. The first-order valence-electron chi connectivity index (χ1n) is 6.98. The average Bonchev–Trinajstić information content (AvgIpc) is 2.49. The van der Waals surface area contributed by atoms with Crippen molar-refractivity contribution in [3.63, 3.8) is 0 Å². The maximum Gasteiger partial charge on any atom is 0.221 e. The van der Waals surface area contributed by atoms with Gasteiger partial charge in [0.05, 0.1) is 6.61 Å². The lowest BCUT2D eigenvalue weighted by Crippen LogP contribution is -2.28. The number of carbonyl (C=O) groups is 1. The molecule has 0 aliphatic carbocycles. The van der Waals surface area contributed by atoms with Gasteiger partial charge >= 0.3 is 0 Å². The van der Waals surface area contributed by atoms with Crippen LogP contribution in [0, 0.1) is 5.82 Å². The summed E-state index contributed by atoms with van der Waals surface area (Å²) >= 11 is 0. The van der Waals surface area contributed by atoms with E-state index in [1.165, 1.54) is 12.1 Å². The van der Waals surface area contributed by atoms with Crippen LogP contribution in [-0.2, 0) is 16.1 Å². The average molecular weight is 297 g/mol. The van der Waals surface area contributed by atoms with Crippen LogP contribution in [0.25, 0.3) is 0 Å². The lowest BCUT2D eigenvalue weighted by atomic mass is 10.1. The first-order chi connectivity index (χ1) is 10.1. The molecule has 1 aromatic rings. The topological polar surface area (TPSA) is 53.6 Å². The molecule has 0 heterocycles. The van der Waals surface area contributed by atoms with Gasteiger partial charge in [-0.05, 0) is 23.8 Å². The van der Waals surface area contributed by atoms with E-state index in [1.807, 2.05) is 11.9 Å². The number of hydrogen-bond donors (Lipinski definition) is 2. The zero-order valence-electron chi connectivity index (χ0n) is 12.9. The number of hydrogen-bond acceptors (Lipinski definition) is 4. The summed E-state index contributed by atoms with van der Waals surface area (Å²) in [6, 6.07) is 4.70. The van der Waals surface area contributed by atoms with Crippen molar-refractivity contribution in [2.45, 2.75) is 13.0 Å². The van der Waals surface area contributed by atoms with Gasteiger partial charge in [0.25, 0.3) is 0 Å². The number of nitrogens with zero attached hydrogens (tertiary/aromatic N) is 1. The van der Waals surface area contributed by atoms with Crippen LogP contribution in [0.4, 0.5) is 10.1 Å². The van der Waals surface area contributed by atoms with Gasteiger partial charge in [-0.25, -0.2) is 4.39 Å². The molecule has 5 nitrogen and oxygen atoms in total. The third-order valence-corrected chi connectivity index (χ3v) is 3.20. The fourth-order valence-corrected chi connectivity index (χ4v) is 1.98. The van der Waals surface area contributed by atoms with Gasteiger partial charge in [0.2, 0.25) is 5.91 Å². The zero-order chi connectivity index (χ0) is 15.7. The minimum Gasteiger partial charge on any atom is -0.383 e. The Morgan fingerprint density at radius 2 is 2.19 bits per heavy atom. The summed E-state index contributed by atoms with van der Waals surface area (Å²) in [4.78, 5) is 13.3. The second kappa shape index (κ2) is 9.31. The molecule has 0 aromatic heterocycles. The normalized spacial score (nSPS) is 10.5. The van der Waals surface area contributed by atoms with E-state index >= 15 is 0 Å². The van der Waals surface area contributed by atoms with Crippen LogP contribution >= 0.6 is 0 Å². The molecule has 0 bridgehead atoms. The summed E-state index contributed by atoms with van der Waals surface area (Å²) in [5, 5.41) is 5.80. The quantitative estimate of drug-likeness (QED) is 0.671. The van der Waals surface area contributed by atoms with E-state index in [9.17, 15) is 9.18 Å². The third-order valence-electron chi connectivity index (χ3n) is 3.20. The molecular formula is C15H24FN3O2. The highest BCUT2D eigenvalue weighted by molar-refractivity contribution is 5.76. The molecule has 21 heavy (non-hydrogen) atoms. The van der Waals surface area contributed by atoms with Crippen molar-refractivity contribution in [3.8, 4) is 0 Å². The van der Waals surface area contributed by atoms with Crippen LogP contribution < -0.4 is 15.5 Å². The van der Waals surface area contributed by atoms with Crippen LogP contribution in [0.2, 0.25) is 0 Å². The Balaban J connectivity index is 2.68. The van der Waals surface area contributed by atoms with Gasteiger partial charge in [-0.3, -0.25) is 4.79 Å². The van der Waals surface area contributed by atoms with E-state index in [0.717, 1.165) is 11.3 Å². The highest BCUT2D eigenvalue weighted by Gasteiger charge is 2.10. The number of ether oxygens (including phenoxy) is 1. The van der Waals surface area contributed by atoms with Gasteiger partial charge in [-0.15, -0.1) is 0 Å². The summed E-state index contributed by atoms with van der Waals surface area (Å²) in [5.41, 5.74) is 1.79. The Hall–Kier alpha value is -1.66. The Morgan fingerprint density at radius 3 is 2.86 bits per heavy atom. The van der Waals surface area contributed by atoms with Crippen LogP contribution in [0.1, 0.15) is 12.0 Å². The van der Waals surface area contributed by atoms with Gasteiger partial charge < -0.3 is 20.3 Å². The van der Waals surface area contributed by atoms with Gasteiger partial charge in [0.15, 0.2) is 0 Å². The second-order valence-corrected chi connectivity index (χ2v) is 4.79. The summed E-state index contributed by atoms with van der Waals surface area (Å²) in [6.45, 7) is 2.45. The van der Waals surface area contributed by atoms with E-state index in [0.29, 0.717) is 32.7 Å². The predicted molar refractivity (Wildman–Crippen MR) is 81.9 cm³/mol. The highest BCUT2D eigenvalue weighted by atomic mass is 19.1. The van der Waals surface area contributed by atoms with Gasteiger partial charge in [0.1, 0.15) is 5.82 Å². The summed E-state index contributed by atoms with van der Waals surface area (Å²) in [5.74, 6) is -0.272. The molecule has 0 saturated carbocycles. The Labute approximate surface area is 125 Å². The number of nitrogens with one attached hydrogen (secondary N) is 2.